The van der Waals surface area contributed by atoms with Gasteiger partial charge in [-0.15, -0.1) is 0 Å². The van der Waals surface area contributed by atoms with E-state index >= 15 is 0 Å². The second-order valence-corrected chi connectivity index (χ2v) is 5.21. The lowest BCUT2D eigenvalue weighted by atomic mass is 10.2. The van der Waals surface area contributed by atoms with Gasteiger partial charge in [0.2, 0.25) is 0 Å². The molecule has 0 atom stereocenters. The lowest BCUT2D eigenvalue weighted by molar-refractivity contribution is -0.137. The van der Waals surface area contributed by atoms with Gasteiger partial charge in [0.1, 0.15) is 0 Å². The summed E-state index contributed by atoms with van der Waals surface area (Å²) in [5, 5.41) is 20.4. The minimum atomic E-state index is -0.940. The molecule has 110 valence electrons. The summed E-state index contributed by atoms with van der Waals surface area (Å²) in [7, 11) is 0. The van der Waals surface area contributed by atoms with E-state index in [9.17, 15) is 9.59 Å². The van der Waals surface area contributed by atoms with Gasteiger partial charge in [-0.2, -0.15) is 5.26 Å². The zero-order valence-electron chi connectivity index (χ0n) is 11.2. The molecule has 0 bridgehead atoms. The number of halogens is 1. The van der Waals surface area contributed by atoms with Crippen LogP contribution in [0, 0.1) is 11.3 Å². The number of amides is 2. The zero-order valence-corrected chi connectivity index (χ0v) is 11.9. The lowest BCUT2D eigenvalue weighted by Crippen LogP contribution is -2.38. The Hall–Kier alpha value is -2.26. The molecule has 0 unspecified atom stereocenters. The largest absolute Gasteiger partial charge is 0.481 e. The number of carboxylic acids is 1. The number of carboxylic acid groups (broad SMARTS) is 1. The van der Waals surface area contributed by atoms with Gasteiger partial charge in [0.05, 0.1) is 28.8 Å². The SMILES string of the molecule is N#Cc1ccc(NC(=O)N(CCC(=O)O)C2CC2)c(Cl)c1. The smallest absolute Gasteiger partial charge is 0.322 e. The Morgan fingerprint density at radius 2 is 2.19 bits per heavy atom. The van der Waals surface area contributed by atoms with E-state index in [1.165, 1.54) is 11.0 Å². The van der Waals surface area contributed by atoms with Crippen LogP contribution >= 0.6 is 11.6 Å². The topological polar surface area (TPSA) is 93.4 Å². The van der Waals surface area contributed by atoms with Crippen LogP contribution in [0.2, 0.25) is 5.02 Å². The van der Waals surface area contributed by atoms with E-state index in [1.54, 1.807) is 12.1 Å². The first kappa shape index (κ1) is 15.1. The average molecular weight is 308 g/mol. The summed E-state index contributed by atoms with van der Waals surface area (Å²) in [5.74, 6) is -0.940. The molecule has 7 heteroatoms. The summed E-state index contributed by atoms with van der Waals surface area (Å²) >= 11 is 6.00. The third-order valence-electron chi connectivity index (χ3n) is 3.15. The minimum Gasteiger partial charge on any atom is -0.481 e. The Morgan fingerprint density at radius 3 is 2.71 bits per heavy atom. The molecule has 1 aromatic carbocycles. The molecule has 1 fully saturated rings. The maximum atomic E-state index is 12.2. The number of rotatable bonds is 5. The Labute approximate surface area is 126 Å². The molecule has 0 saturated heterocycles. The quantitative estimate of drug-likeness (QED) is 0.874. The van der Waals surface area contributed by atoms with E-state index < -0.39 is 5.97 Å². The van der Waals surface area contributed by atoms with Crippen LogP contribution in [-0.4, -0.2) is 34.6 Å². The van der Waals surface area contributed by atoms with E-state index in [4.69, 9.17) is 22.0 Å². The van der Waals surface area contributed by atoms with Crippen LogP contribution in [0.1, 0.15) is 24.8 Å². The summed E-state index contributed by atoms with van der Waals surface area (Å²) in [4.78, 5) is 24.4. The predicted molar refractivity (Wildman–Crippen MR) is 77.2 cm³/mol. The third-order valence-corrected chi connectivity index (χ3v) is 3.47. The molecule has 0 heterocycles. The molecule has 0 aromatic heterocycles. The fraction of sp³-hybridized carbons (Fsp3) is 0.357. The third kappa shape index (κ3) is 4.10. The van der Waals surface area contributed by atoms with Crippen LogP contribution in [-0.2, 0) is 4.79 Å². The van der Waals surface area contributed by atoms with Crippen LogP contribution < -0.4 is 5.32 Å². The summed E-state index contributed by atoms with van der Waals surface area (Å²) in [6.07, 6.45) is 1.67. The lowest BCUT2D eigenvalue weighted by Gasteiger charge is -2.22. The van der Waals surface area contributed by atoms with Crippen LogP contribution in [0.15, 0.2) is 18.2 Å². The monoisotopic (exact) mass is 307 g/mol. The number of carbonyl (C=O) groups excluding carboxylic acids is 1. The molecule has 0 aliphatic heterocycles. The Balaban J connectivity index is 2.04. The van der Waals surface area contributed by atoms with Crippen LogP contribution in [0.4, 0.5) is 10.5 Å². The van der Waals surface area contributed by atoms with E-state index in [0.717, 1.165) is 12.8 Å². The van der Waals surface area contributed by atoms with E-state index in [2.05, 4.69) is 5.32 Å². The van der Waals surface area contributed by atoms with Gasteiger partial charge in [0.25, 0.3) is 0 Å². The minimum absolute atomic E-state index is 0.0922. The predicted octanol–water partition coefficient (Wildman–Crippen LogP) is 2.68. The molecule has 1 aromatic rings. The molecule has 0 spiro atoms. The highest BCUT2D eigenvalue weighted by Gasteiger charge is 2.32. The second kappa shape index (κ2) is 6.46. The molecular weight excluding hydrogens is 294 g/mol. The molecule has 2 N–H and O–H groups in total. The van der Waals surface area contributed by atoms with Gasteiger partial charge in [-0.25, -0.2) is 4.79 Å². The number of urea groups is 1. The van der Waals surface area contributed by atoms with Crippen molar-refractivity contribution in [2.45, 2.75) is 25.3 Å². The highest BCUT2D eigenvalue weighted by atomic mass is 35.5. The molecule has 1 saturated carbocycles. The number of anilines is 1. The molecule has 2 amide bonds. The van der Waals surface area contributed by atoms with Crippen LogP contribution in [0.25, 0.3) is 0 Å². The number of nitrogens with one attached hydrogen (secondary N) is 1. The Bertz CT molecular complexity index is 608. The highest BCUT2D eigenvalue weighted by molar-refractivity contribution is 6.33. The van der Waals surface area contributed by atoms with Crippen LogP contribution in [0.5, 0.6) is 0 Å². The van der Waals surface area contributed by atoms with Gasteiger partial charge >= 0.3 is 12.0 Å². The normalized spacial score (nSPS) is 13.3. The summed E-state index contributed by atoms with van der Waals surface area (Å²) in [5.41, 5.74) is 0.810. The van der Waals surface area contributed by atoms with Crippen molar-refractivity contribution in [3.63, 3.8) is 0 Å². The van der Waals surface area contributed by atoms with Gasteiger partial charge in [-0.05, 0) is 31.0 Å². The average Bonchev–Trinajstić information content (AvgIpc) is 3.25. The summed E-state index contributed by atoms with van der Waals surface area (Å²) in [6, 6.07) is 6.27. The molecular formula is C14H14ClN3O3. The molecule has 6 nitrogen and oxygen atoms in total. The van der Waals surface area contributed by atoms with Crippen molar-refractivity contribution < 1.29 is 14.7 Å². The number of hydrogen-bond donors (Lipinski definition) is 2. The number of nitrogens with zero attached hydrogens (tertiary/aromatic N) is 2. The fourth-order valence-corrected chi connectivity index (χ4v) is 2.15. The van der Waals surface area contributed by atoms with E-state index in [1.807, 2.05) is 6.07 Å². The van der Waals surface area contributed by atoms with Crippen molar-refractivity contribution >= 4 is 29.3 Å². The maximum Gasteiger partial charge on any atom is 0.322 e. The van der Waals surface area contributed by atoms with Crippen molar-refractivity contribution in [3.05, 3.63) is 28.8 Å². The van der Waals surface area contributed by atoms with Crippen molar-refractivity contribution in [1.82, 2.24) is 4.90 Å². The molecule has 1 aliphatic carbocycles. The Morgan fingerprint density at radius 1 is 1.48 bits per heavy atom. The zero-order chi connectivity index (χ0) is 15.4. The van der Waals surface area contributed by atoms with Crippen molar-refractivity contribution in [1.29, 1.82) is 5.26 Å². The van der Waals surface area contributed by atoms with E-state index in [-0.39, 0.29) is 30.1 Å². The maximum absolute atomic E-state index is 12.2. The van der Waals surface area contributed by atoms with Crippen molar-refractivity contribution in [2.75, 3.05) is 11.9 Å². The fourth-order valence-electron chi connectivity index (χ4n) is 1.93. The van der Waals surface area contributed by atoms with Gasteiger partial charge < -0.3 is 15.3 Å². The number of aliphatic carboxylic acids is 1. The summed E-state index contributed by atoms with van der Waals surface area (Å²) < 4.78 is 0. The molecule has 2 rings (SSSR count). The molecule has 21 heavy (non-hydrogen) atoms. The number of benzene rings is 1. The number of nitriles is 1. The highest BCUT2D eigenvalue weighted by Crippen LogP contribution is 2.29. The Kier molecular flexibility index (Phi) is 4.66. The van der Waals surface area contributed by atoms with Crippen LogP contribution in [0.3, 0.4) is 0 Å². The number of carbonyl (C=O) groups is 2. The van der Waals surface area contributed by atoms with Gasteiger partial charge in [-0.1, -0.05) is 11.6 Å². The number of hydrogen-bond acceptors (Lipinski definition) is 3. The molecule has 1 aliphatic rings. The van der Waals surface area contributed by atoms with Gasteiger partial charge in [0.15, 0.2) is 0 Å². The van der Waals surface area contributed by atoms with Crippen molar-refractivity contribution in [2.24, 2.45) is 0 Å². The van der Waals surface area contributed by atoms with Gasteiger partial charge in [-0.3, -0.25) is 4.79 Å². The van der Waals surface area contributed by atoms with E-state index in [0.29, 0.717) is 11.3 Å². The summed E-state index contributed by atoms with van der Waals surface area (Å²) in [6.45, 7) is 0.166. The van der Waals surface area contributed by atoms with Crippen molar-refractivity contribution in [3.8, 4) is 6.07 Å². The first-order valence-electron chi connectivity index (χ1n) is 6.50. The molecule has 0 radical (unpaired) electrons. The van der Waals surface area contributed by atoms with Gasteiger partial charge in [0, 0.05) is 12.6 Å². The first-order chi connectivity index (χ1) is 10.0. The standard InChI is InChI=1S/C14H14ClN3O3/c15-11-7-9(8-16)1-4-12(11)17-14(21)18(10-2-3-10)6-5-13(19)20/h1,4,7,10H,2-3,5-6H2,(H,17,21)(H,19,20). The first-order valence-corrected chi connectivity index (χ1v) is 6.88. The second-order valence-electron chi connectivity index (χ2n) is 4.80.